The predicted octanol–water partition coefficient (Wildman–Crippen LogP) is 3.79. The van der Waals surface area contributed by atoms with Crippen molar-refractivity contribution < 1.29 is 13.2 Å². The molecule has 3 rings (SSSR count). The molecule has 2 aromatic carbocycles. The molecule has 30 heavy (non-hydrogen) atoms. The zero-order valence-electron chi connectivity index (χ0n) is 17.8. The molecular formula is C22H26N4O3S. The summed E-state index contributed by atoms with van der Waals surface area (Å²) in [4.78, 5) is 12.9. The molecule has 2 N–H and O–H groups in total. The van der Waals surface area contributed by atoms with E-state index in [4.69, 9.17) is 0 Å². The van der Waals surface area contributed by atoms with Gasteiger partial charge in [-0.1, -0.05) is 35.4 Å². The Morgan fingerprint density at radius 1 is 1.00 bits per heavy atom. The average molecular weight is 427 g/mol. The Balaban J connectivity index is 1.98. The van der Waals surface area contributed by atoms with E-state index in [1.165, 1.54) is 0 Å². The van der Waals surface area contributed by atoms with E-state index in [1.807, 2.05) is 51.1 Å². The normalized spacial score (nSPS) is 11.4. The second kappa shape index (κ2) is 8.31. The second-order valence-electron chi connectivity index (χ2n) is 7.48. The fraction of sp³-hybridized carbons (Fsp3) is 0.273. The summed E-state index contributed by atoms with van der Waals surface area (Å²) in [5, 5.41) is 9.54. The van der Waals surface area contributed by atoms with E-state index in [0.717, 1.165) is 21.0 Å². The number of benzene rings is 2. The molecule has 1 aromatic heterocycles. The van der Waals surface area contributed by atoms with Crippen molar-refractivity contribution in [1.82, 2.24) is 10.2 Å². The first-order valence-corrected chi connectivity index (χ1v) is 11.0. The van der Waals surface area contributed by atoms with Gasteiger partial charge in [0.25, 0.3) is 10.0 Å². The lowest BCUT2D eigenvalue weighted by molar-refractivity contribution is -0.114. The van der Waals surface area contributed by atoms with Crippen molar-refractivity contribution in [2.45, 2.75) is 39.5 Å². The molecule has 0 unspecified atom stereocenters. The number of aromatic amines is 1. The molecule has 0 aliphatic rings. The number of carbonyl (C=O) groups excluding carboxylic acids is 1. The molecule has 158 valence electrons. The van der Waals surface area contributed by atoms with Crippen LogP contribution < -0.4 is 9.62 Å². The quantitative estimate of drug-likeness (QED) is 0.627. The highest BCUT2D eigenvalue weighted by molar-refractivity contribution is 7.93. The van der Waals surface area contributed by atoms with E-state index >= 15 is 0 Å². The molecule has 0 radical (unpaired) electrons. The summed E-state index contributed by atoms with van der Waals surface area (Å²) in [6.07, 6.45) is 0. The third-order valence-electron chi connectivity index (χ3n) is 4.87. The Labute approximate surface area is 177 Å². The number of nitrogens with zero attached hydrogens (tertiary/aromatic N) is 2. The second-order valence-corrected chi connectivity index (χ2v) is 9.28. The summed E-state index contributed by atoms with van der Waals surface area (Å²) in [5.74, 6) is -0.426. The van der Waals surface area contributed by atoms with Crippen molar-refractivity contribution in [3.8, 4) is 0 Å². The van der Waals surface area contributed by atoms with Gasteiger partial charge >= 0.3 is 0 Å². The number of aryl methyl sites for hydroxylation is 5. The van der Waals surface area contributed by atoms with Gasteiger partial charge in [-0.15, -0.1) is 0 Å². The number of aromatic nitrogens is 2. The maximum Gasteiger partial charge on any atom is 0.268 e. The molecule has 0 fully saturated rings. The monoisotopic (exact) mass is 426 g/mol. The van der Waals surface area contributed by atoms with E-state index in [-0.39, 0.29) is 11.4 Å². The lowest BCUT2D eigenvalue weighted by atomic mass is 10.1. The fourth-order valence-electron chi connectivity index (χ4n) is 3.33. The molecule has 0 aliphatic carbocycles. The van der Waals surface area contributed by atoms with Crippen molar-refractivity contribution in [1.29, 1.82) is 0 Å². The van der Waals surface area contributed by atoms with Crippen LogP contribution in [0, 0.1) is 34.6 Å². The van der Waals surface area contributed by atoms with E-state index < -0.39 is 15.9 Å². The van der Waals surface area contributed by atoms with Gasteiger partial charge in [-0.3, -0.25) is 14.2 Å². The maximum absolute atomic E-state index is 13.5. The minimum atomic E-state index is -4.01. The third-order valence-corrected chi connectivity index (χ3v) is 6.91. The average Bonchev–Trinajstić information content (AvgIpc) is 3.02. The zero-order chi connectivity index (χ0) is 22.1. The molecule has 0 saturated carbocycles. The van der Waals surface area contributed by atoms with Crippen molar-refractivity contribution in [2.24, 2.45) is 0 Å². The Bertz CT molecular complexity index is 1160. The van der Waals surface area contributed by atoms with Gasteiger partial charge in [0.05, 0.1) is 17.1 Å². The van der Waals surface area contributed by atoms with Crippen LogP contribution in [0.15, 0.2) is 47.4 Å². The van der Waals surface area contributed by atoms with Gasteiger partial charge in [-0.2, -0.15) is 5.10 Å². The molecule has 7 nitrogen and oxygen atoms in total. The van der Waals surface area contributed by atoms with E-state index in [0.29, 0.717) is 22.8 Å². The number of anilines is 2. The summed E-state index contributed by atoms with van der Waals surface area (Å²) in [6.45, 7) is 8.70. The largest absolute Gasteiger partial charge is 0.324 e. The molecule has 0 atom stereocenters. The van der Waals surface area contributed by atoms with Crippen LogP contribution in [0.2, 0.25) is 0 Å². The highest BCUT2D eigenvalue weighted by Gasteiger charge is 2.31. The SMILES string of the molecule is Cc1ccc(N(CC(=O)Nc2ccc(C)cc2C)S(=O)(=O)c2c(C)n[nH]c2C)cc1. The smallest absolute Gasteiger partial charge is 0.268 e. The zero-order valence-corrected chi connectivity index (χ0v) is 18.6. The molecule has 0 bridgehead atoms. The summed E-state index contributed by atoms with van der Waals surface area (Å²) in [7, 11) is -4.01. The van der Waals surface area contributed by atoms with Gasteiger partial charge in [-0.25, -0.2) is 8.42 Å². The molecule has 0 saturated heterocycles. The van der Waals surface area contributed by atoms with Gasteiger partial charge < -0.3 is 5.32 Å². The highest BCUT2D eigenvalue weighted by Crippen LogP contribution is 2.27. The van der Waals surface area contributed by atoms with Crippen molar-refractivity contribution in [3.63, 3.8) is 0 Å². The number of sulfonamides is 1. The first kappa shape index (κ1) is 21.6. The Hall–Kier alpha value is -3.13. The summed E-state index contributed by atoms with van der Waals surface area (Å²) >= 11 is 0. The van der Waals surface area contributed by atoms with E-state index in [2.05, 4.69) is 15.5 Å². The molecule has 0 aliphatic heterocycles. The molecule has 3 aromatic rings. The fourth-order valence-corrected chi connectivity index (χ4v) is 5.09. The Kier molecular flexibility index (Phi) is 5.98. The van der Waals surface area contributed by atoms with Crippen LogP contribution in [-0.4, -0.2) is 31.1 Å². The van der Waals surface area contributed by atoms with Crippen LogP contribution in [0.5, 0.6) is 0 Å². The maximum atomic E-state index is 13.5. The number of hydrogen-bond acceptors (Lipinski definition) is 4. The van der Waals surface area contributed by atoms with Gasteiger partial charge in [0.2, 0.25) is 5.91 Å². The first-order valence-electron chi connectivity index (χ1n) is 9.57. The standard InChI is InChI=1S/C22H26N4O3S/c1-14-6-9-19(10-7-14)26(30(28,29)22-17(4)24-25-18(22)5)13-21(27)23-20-11-8-15(2)12-16(20)3/h6-12H,13H2,1-5H3,(H,23,27)(H,24,25). The minimum absolute atomic E-state index is 0.0855. The number of amides is 1. The number of hydrogen-bond donors (Lipinski definition) is 2. The van der Waals surface area contributed by atoms with Crippen LogP contribution in [0.25, 0.3) is 0 Å². The van der Waals surface area contributed by atoms with Crippen LogP contribution >= 0.6 is 0 Å². The summed E-state index contributed by atoms with van der Waals surface area (Å²) < 4.78 is 28.1. The van der Waals surface area contributed by atoms with Crippen LogP contribution in [-0.2, 0) is 14.8 Å². The van der Waals surface area contributed by atoms with E-state index in [1.54, 1.807) is 26.0 Å². The van der Waals surface area contributed by atoms with Crippen molar-refractivity contribution in [3.05, 3.63) is 70.5 Å². The molecular weight excluding hydrogens is 400 g/mol. The lowest BCUT2D eigenvalue weighted by Gasteiger charge is -2.24. The van der Waals surface area contributed by atoms with Crippen molar-refractivity contribution >= 4 is 27.3 Å². The van der Waals surface area contributed by atoms with Gasteiger partial charge in [0.15, 0.2) is 0 Å². The molecule has 1 amide bonds. The Morgan fingerprint density at radius 3 is 2.20 bits per heavy atom. The van der Waals surface area contributed by atoms with Crippen LogP contribution in [0.1, 0.15) is 28.1 Å². The Morgan fingerprint density at radius 2 is 1.63 bits per heavy atom. The predicted molar refractivity (Wildman–Crippen MR) is 118 cm³/mol. The molecule has 8 heteroatoms. The number of H-pyrrole nitrogens is 1. The summed E-state index contributed by atoms with van der Waals surface area (Å²) in [6, 6.07) is 12.7. The van der Waals surface area contributed by atoms with Gasteiger partial charge in [0.1, 0.15) is 11.4 Å². The summed E-state index contributed by atoms with van der Waals surface area (Å²) in [5.41, 5.74) is 4.85. The molecule has 0 spiro atoms. The topological polar surface area (TPSA) is 95.2 Å². The van der Waals surface area contributed by atoms with Crippen LogP contribution in [0.4, 0.5) is 11.4 Å². The van der Waals surface area contributed by atoms with Crippen molar-refractivity contribution in [2.75, 3.05) is 16.2 Å². The highest BCUT2D eigenvalue weighted by atomic mass is 32.2. The van der Waals surface area contributed by atoms with Crippen LogP contribution in [0.3, 0.4) is 0 Å². The number of rotatable bonds is 6. The lowest BCUT2D eigenvalue weighted by Crippen LogP contribution is -2.38. The number of nitrogens with one attached hydrogen (secondary N) is 2. The minimum Gasteiger partial charge on any atom is -0.324 e. The van der Waals surface area contributed by atoms with Gasteiger partial charge in [-0.05, 0) is 58.4 Å². The molecule has 1 heterocycles. The number of carbonyl (C=O) groups is 1. The first-order chi connectivity index (χ1) is 14.1. The van der Waals surface area contributed by atoms with Gasteiger partial charge in [0, 0.05) is 5.69 Å². The van der Waals surface area contributed by atoms with E-state index in [9.17, 15) is 13.2 Å². The third kappa shape index (κ3) is 4.38.